The van der Waals surface area contributed by atoms with Gasteiger partial charge in [-0.2, -0.15) is 0 Å². The van der Waals surface area contributed by atoms with E-state index in [0.29, 0.717) is 13.1 Å². The van der Waals surface area contributed by atoms with Gasteiger partial charge in [0.05, 0.1) is 0 Å². The minimum absolute atomic E-state index is 0.262. The van der Waals surface area contributed by atoms with Gasteiger partial charge in [0.15, 0.2) is 0 Å². The third kappa shape index (κ3) is 18.0. The molecule has 0 heterocycles. The normalized spacial score (nSPS) is 10.2. The first kappa shape index (κ1) is 22.8. The van der Waals surface area contributed by atoms with Gasteiger partial charge < -0.3 is 30.3 Å². The molecule has 10 heteroatoms. The Morgan fingerprint density at radius 2 is 0.960 bits per heavy atom. The van der Waals surface area contributed by atoms with Crippen molar-refractivity contribution in [3.05, 3.63) is 0 Å². The van der Waals surface area contributed by atoms with E-state index in [2.05, 4.69) is 20.1 Å². The predicted octanol–water partition coefficient (Wildman–Crippen LogP) is -0.628. The van der Waals surface area contributed by atoms with Crippen molar-refractivity contribution in [2.24, 2.45) is 0 Å². The molecule has 0 saturated heterocycles. The monoisotopic (exact) mass is 362 g/mol. The molecule has 25 heavy (non-hydrogen) atoms. The minimum atomic E-state index is -1.11. The van der Waals surface area contributed by atoms with E-state index in [-0.39, 0.29) is 25.0 Å². The fourth-order valence-electron chi connectivity index (χ4n) is 1.80. The van der Waals surface area contributed by atoms with E-state index in [1.807, 2.05) is 0 Å². The quantitative estimate of drug-likeness (QED) is 0.265. The molecule has 0 fully saturated rings. The van der Waals surface area contributed by atoms with E-state index in [0.717, 1.165) is 32.1 Å². The smallest absolute Gasteiger partial charge is 0.329 e. The van der Waals surface area contributed by atoms with Crippen LogP contribution in [0.5, 0.6) is 0 Å². The third-order valence-corrected chi connectivity index (χ3v) is 2.92. The van der Waals surface area contributed by atoms with Crippen LogP contribution in [-0.2, 0) is 28.7 Å². The molecule has 0 aromatic rings. The first-order valence-electron chi connectivity index (χ1n) is 8.04. The Morgan fingerprint density at radius 1 is 0.600 bits per heavy atom. The molecule has 0 aliphatic heterocycles. The third-order valence-electron chi connectivity index (χ3n) is 2.92. The summed E-state index contributed by atoms with van der Waals surface area (Å²) in [6.45, 7) is -0.491. The summed E-state index contributed by atoms with van der Waals surface area (Å²) in [7, 11) is 0. The zero-order chi connectivity index (χ0) is 18.9. The second kappa shape index (κ2) is 15.3. The van der Waals surface area contributed by atoms with Crippen molar-refractivity contribution in [1.29, 1.82) is 0 Å². The van der Waals surface area contributed by atoms with Crippen LogP contribution in [0.1, 0.15) is 32.1 Å². The number of carboxylic acids is 2. The zero-order valence-corrected chi connectivity index (χ0v) is 14.1. The van der Waals surface area contributed by atoms with E-state index in [4.69, 9.17) is 10.2 Å². The Kier molecular flexibility index (Phi) is 14.0. The number of amides is 2. The van der Waals surface area contributed by atoms with Gasteiger partial charge in [-0.1, -0.05) is 19.3 Å². The topological polar surface area (TPSA) is 151 Å². The van der Waals surface area contributed by atoms with Crippen LogP contribution in [0.15, 0.2) is 0 Å². The first-order chi connectivity index (χ1) is 11.9. The molecule has 0 spiro atoms. The maximum Gasteiger partial charge on any atom is 0.329 e. The summed E-state index contributed by atoms with van der Waals surface area (Å²) >= 11 is 0. The molecule has 144 valence electrons. The summed E-state index contributed by atoms with van der Waals surface area (Å²) in [4.78, 5) is 42.9. The molecule has 2 amide bonds. The number of hydrogen-bond acceptors (Lipinski definition) is 6. The number of aliphatic carboxylic acids is 2. The van der Waals surface area contributed by atoms with Crippen LogP contribution in [0.4, 0.5) is 0 Å². The molecule has 0 saturated carbocycles. The number of hydrogen-bond donors (Lipinski definition) is 4. The Morgan fingerprint density at radius 3 is 1.32 bits per heavy atom. The largest absolute Gasteiger partial charge is 0.480 e. The van der Waals surface area contributed by atoms with E-state index >= 15 is 0 Å². The molecule has 0 aromatic carbocycles. The molecule has 0 unspecified atom stereocenters. The summed E-state index contributed by atoms with van der Waals surface area (Å²) in [5.74, 6) is -2.91. The summed E-state index contributed by atoms with van der Waals surface area (Å²) in [5.41, 5.74) is 0. The van der Waals surface area contributed by atoms with Gasteiger partial charge in [-0.3, -0.25) is 9.59 Å². The lowest BCUT2D eigenvalue weighted by Gasteiger charge is -2.06. The second-order valence-corrected chi connectivity index (χ2v) is 5.24. The van der Waals surface area contributed by atoms with Crippen LogP contribution in [0.2, 0.25) is 0 Å². The number of unbranched alkanes of at least 4 members (excludes halogenated alkanes) is 4. The van der Waals surface area contributed by atoms with Gasteiger partial charge in [0.25, 0.3) is 0 Å². The van der Waals surface area contributed by atoms with Crippen LogP contribution in [-0.4, -0.2) is 73.5 Å². The highest BCUT2D eigenvalue weighted by molar-refractivity contribution is 5.78. The van der Waals surface area contributed by atoms with Crippen LogP contribution >= 0.6 is 0 Å². The fraction of sp³-hybridized carbons (Fsp3) is 0.733. The van der Waals surface area contributed by atoms with Crippen molar-refractivity contribution >= 4 is 23.8 Å². The average Bonchev–Trinajstić information content (AvgIpc) is 2.52. The maximum atomic E-state index is 11.3. The molecule has 0 aromatic heterocycles. The number of nitrogens with one attached hydrogen (secondary N) is 2. The Hall–Kier alpha value is -2.20. The SMILES string of the molecule is O=C(O)COCC(=O)NCCCCCCCNC(=O)COCC(=O)O. The van der Waals surface area contributed by atoms with Crippen LogP contribution in [0.25, 0.3) is 0 Å². The van der Waals surface area contributed by atoms with Gasteiger partial charge >= 0.3 is 11.9 Å². The fourth-order valence-corrected chi connectivity index (χ4v) is 1.80. The van der Waals surface area contributed by atoms with Gasteiger partial charge in [-0.05, 0) is 12.8 Å². The standard InChI is InChI=1S/C15H26N2O8/c18-12(8-24-10-14(20)21)16-6-4-2-1-3-5-7-17-13(19)9-25-11-15(22)23/h1-11H2,(H,16,18)(H,17,19)(H,20,21)(H,22,23). The van der Waals surface area contributed by atoms with Crippen molar-refractivity contribution in [2.45, 2.75) is 32.1 Å². The Balaban J connectivity index is 3.30. The van der Waals surface area contributed by atoms with Gasteiger partial charge in [0.1, 0.15) is 26.4 Å². The second-order valence-electron chi connectivity index (χ2n) is 5.24. The van der Waals surface area contributed by atoms with Crippen LogP contribution in [0, 0.1) is 0 Å². The molecular formula is C15H26N2O8. The number of carboxylic acid groups (broad SMARTS) is 2. The highest BCUT2D eigenvalue weighted by Gasteiger charge is 2.04. The Bertz CT molecular complexity index is 390. The summed E-state index contributed by atoms with van der Waals surface area (Å²) in [6.07, 6.45) is 4.41. The van der Waals surface area contributed by atoms with Crippen LogP contribution in [0.3, 0.4) is 0 Å². The van der Waals surface area contributed by atoms with Gasteiger partial charge in [-0.25, -0.2) is 9.59 Å². The van der Waals surface area contributed by atoms with E-state index in [1.165, 1.54) is 0 Å². The molecule has 0 aliphatic carbocycles. The van der Waals surface area contributed by atoms with Gasteiger partial charge in [0.2, 0.25) is 11.8 Å². The van der Waals surface area contributed by atoms with Crippen LogP contribution < -0.4 is 10.6 Å². The first-order valence-corrected chi connectivity index (χ1v) is 8.04. The summed E-state index contributed by atoms with van der Waals surface area (Å²) in [6, 6.07) is 0. The Labute approximate surface area is 145 Å². The zero-order valence-electron chi connectivity index (χ0n) is 14.1. The summed E-state index contributed by atoms with van der Waals surface area (Å²) < 4.78 is 9.30. The van der Waals surface area contributed by atoms with Crippen molar-refractivity contribution < 1.29 is 38.9 Å². The summed E-state index contributed by atoms with van der Waals surface area (Å²) in [5, 5.41) is 21.9. The van der Waals surface area contributed by atoms with E-state index in [1.54, 1.807) is 0 Å². The number of carbonyl (C=O) groups excluding carboxylic acids is 2. The lowest BCUT2D eigenvalue weighted by Crippen LogP contribution is -2.29. The molecule has 0 aliphatic rings. The number of carbonyl (C=O) groups is 4. The predicted molar refractivity (Wildman–Crippen MR) is 86.0 cm³/mol. The maximum absolute atomic E-state index is 11.3. The number of rotatable bonds is 16. The molecule has 4 N–H and O–H groups in total. The minimum Gasteiger partial charge on any atom is -0.480 e. The molecular weight excluding hydrogens is 336 g/mol. The molecule has 0 rings (SSSR count). The van der Waals surface area contributed by atoms with E-state index < -0.39 is 25.2 Å². The van der Waals surface area contributed by atoms with E-state index in [9.17, 15) is 19.2 Å². The lowest BCUT2D eigenvalue weighted by molar-refractivity contribution is -0.145. The van der Waals surface area contributed by atoms with Crippen molar-refractivity contribution in [3.63, 3.8) is 0 Å². The molecule has 0 bridgehead atoms. The molecule has 0 atom stereocenters. The van der Waals surface area contributed by atoms with Gasteiger partial charge in [-0.15, -0.1) is 0 Å². The van der Waals surface area contributed by atoms with Gasteiger partial charge in [0, 0.05) is 13.1 Å². The van der Waals surface area contributed by atoms with Crippen molar-refractivity contribution in [2.75, 3.05) is 39.5 Å². The average molecular weight is 362 g/mol. The number of ether oxygens (including phenoxy) is 2. The molecule has 10 nitrogen and oxygen atoms in total. The van der Waals surface area contributed by atoms with Crippen molar-refractivity contribution in [3.8, 4) is 0 Å². The van der Waals surface area contributed by atoms with Crippen molar-refractivity contribution in [1.82, 2.24) is 10.6 Å². The highest BCUT2D eigenvalue weighted by Crippen LogP contribution is 2.01. The lowest BCUT2D eigenvalue weighted by atomic mass is 10.1. The highest BCUT2D eigenvalue weighted by atomic mass is 16.5. The molecule has 0 radical (unpaired) electrons.